The van der Waals surface area contributed by atoms with Crippen molar-refractivity contribution in [3.05, 3.63) is 49.3 Å². The van der Waals surface area contributed by atoms with E-state index in [-0.39, 0.29) is 6.54 Å². The molecule has 0 unspecified atom stereocenters. The van der Waals surface area contributed by atoms with Crippen molar-refractivity contribution in [1.82, 2.24) is 24.3 Å². The van der Waals surface area contributed by atoms with Crippen LogP contribution < -0.4 is 11.2 Å². The van der Waals surface area contributed by atoms with Crippen molar-refractivity contribution in [1.29, 1.82) is 0 Å². The predicted octanol–water partition coefficient (Wildman–Crippen LogP) is -0.505. The largest absolute Gasteiger partial charge is 0.350 e. The lowest BCUT2D eigenvalue weighted by atomic mass is 10.4. The van der Waals surface area contributed by atoms with Crippen molar-refractivity contribution >= 4 is 5.69 Å². The molecule has 0 aromatic carbocycles. The Bertz CT molecular complexity index is 743. The van der Waals surface area contributed by atoms with Gasteiger partial charge in [-0.25, -0.2) is 14.5 Å². The topological polar surface area (TPSA) is 129 Å². The number of H-pyrrole nitrogens is 1. The minimum atomic E-state index is -1.02. The van der Waals surface area contributed by atoms with Gasteiger partial charge in [-0.15, -0.1) is 0 Å². The number of rotatable bonds is 5. The van der Waals surface area contributed by atoms with Crippen molar-refractivity contribution in [3.8, 4) is 0 Å². The molecule has 10 nitrogen and oxygen atoms in total. The summed E-state index contributed by atoms with van der Waals surface area (Å²) in [5.74, 6) is 0.482. The van der Waals surface area contributed by atoms with Crippen LogP contribution in [-0.2, 0) is 13.1 Å². The Hall–Kier alpha value is -2.78. The molecule has 0 radical (unpaired) electrons. The molecule has 2 rings (SSSR count). The number of hydrogen-bond acceptors (Lipinski definition) is 6. The van der Waals surface area contributed by atoms with Crippen LogP contribution in [-0.4, -0.2) is 29.2 Å². The summed E-state index contributed by atoms with van der Waals surface area (Å²) >= 11 is 0. The number of nitrogens with zero attached hydrogens (tertiary/aromatic N) is 5. The molecule has 2 heterocycles. The van der Waals surface area contributed by atoms with Crippen LogP contribution in [0.4, 0.5) is 5.69 Å². The summed E-state index contributed by atoms with van der Waals surface area (Å²) in [4.78, 5) is 38.7. The van der Waals surface area contributed by atoms with Gasteiger partial charge in [-0.05, 0) is 6.42 Å². The van der Waals surface area contributed by atoms with E-state index in [2.05, 4.69) is 10.1 Å². The van der Waals surface area contributed by atoms with E-state index in [0.29, 0.717) is 12.4 Å². The fraction of sp³-hybridized carbons (Fsp3) is 0.400. The highest BCUT2D eigenvalue weighted by Gasteiger charge is 2.16. The van der Waals surface area contributed by atoms with Gasteiger partial charge in [0, 0.05) is 6.54 Å². The number of hydrogen-bond donors (Lipinski definition) is 1. The van der Waals surface area contributed by atoms with E-state index in [1.165, 1.54) is 6.33 Å². The molecule has 0 aliphatic carbocycles. The van der Waals surface area contributed by atoms with Gasteiger partial charge >= 0.3 is 16.9 Å². The molecule has 2 aromatic rings. The van der Waals surface area contributed by atoms with Crippen LogP contribution in [0.1, 0.15) is 19.2 Å². The van der Waals surface area contributed by atoms with Crippen LogP contribution in [0.15, 0.2) is 22.1 Å². The summed E-state index contributed by atoms with van der Waals surface area (Å²) in [6, 6.07) is 0. The van der Waals surface area contributed by atoms with Crippen molar-refractivity contribution < 1.29 is 4.92 Å². The van der Waals surface area contributed by atoms with E-state index in [1.807, 2.05) is 11.9 Å². The number of aromatic nitrogens is 5. The maximum Gasteiger partial charge on any atom is 0.350 e. The van der Waals surface area contributed by atoms with E-state index in [0.717, 1.165) is 17.2 Å². The fourth-order valence-corrected chi connectivity index (χ4v) is 1.71. The molecular formula is C10H12N6O4. The molecule has 106 valence electrons. The molecule has 0 aliphatic heterocycles. The molecule has 10 heteroatoms. The Balaban J connectivity index is 2.41. The quantitative estimate of drug-likeness (QED) is 0.580. The number of nitro groups is 1. The average Bonchev–Trinajstić information content (AvgIpc) is 2.80. The molecule has 20 heavy (non-hydrogen) atoms. The Morgan fingerprint density at radius 1 is 1.45 bits per heavy atom. The van der Waals surface area contributed by atoms with Crippen molar-refractivity contribution in [2.75, 3.05) is 0 Å². The summed E-state index contributed by atoms with van der Waals surface area (Å²) in [5, 5.41) is 14.7. The van der Waals surface area contributed by atoms with Gasteiger partial charge < -0.3 is 0 Å². The van der Waals surface area contributed by atoms with Crippen molar-refractivity contribution in [2.24, 2.45) is 0 Å². The normalized spacial score (nSPS) is 10.7. The van der Waals surface area contributed by atoms with Crippen LogP contribution in [0.5, 0.6) is 0 Å². The molecule has 0 bridgehead atoms. The maximum absolute atomic E-state index is 11.6. The summed E-state index contributed by atoms with van der Waals surface area (Å²) < 4.78 is 2.62. The lowest BCUT2D eigenvalue weighted by Crippen LogP contribution is -2.31. The van der Waals surface area contributed by atoms with Gasteiger partial charge in [-0.3, -0.25) is 24.5 Å². The monoisotopic (exact) mass is 280 g/mol. The zero-order valence-electron chi connectivity index (χ0n) is 10.6. The third kappa shape index (κ3) is 2.63. The minimum absolute atomic E-state index is 0.00352. The Morgan fingerprint density at radius 3 is 2.85 bits per heavy atom. The molecular weight excluding hydrogens is 268 g/mol. The first kappa shape index (κ1) is 13.6. The van der Waals surface area contributed by atoms with Gasteiger partial charge in [-0.1, -0.05) is 6.92 Å². The lowest BCUT2D eigenvalue weighted by Gasteiger charge is -2.06. The smallest absolute Gasteiger partial charge is 0.286 e. The summed E-state index contributed by atoms with van der Waals surface area (Å²) in [5.41, 5.74) is -2.44. The molecule has 0 atom stereocenters. The maximum atomic E-state index is 11.6. The van der Waals surface area contributed by atoms with Crippen LogP contribution >= 0.6 is 0 Å². The van der Waals surface area contributed by atoms with E-state index >= 15 is 0 Å². The van der Waals surface area contributed by atoms with Gasteiger partial charge in [0.15, 0.2) is 0 Å². The first-order valence-corrected chi connectivity index (χ1v) is 5.87. The summed E-state index contributed by atoms with van der Waals surface area (Å²) in [6.07, 6.45) is 3.08. The molecule has 0 aliphatic rings. The number of nitrogens with one attached hydrogen (secondary N) is 1. The van der Waals surface area contributed by atoms with Crippen LogP contribution in [0.25, 0.3) is 0 Å². The molecule has 0 saturated heterocycles. The SMILES string of the molecule is CCCn1ncnc1Cn1cc([N+](=O)[O-])c(=O)[nH]c1=O. The Kier molecular flexibility index (Phi) is 3.73. The Labute approximate surface area is 111 Å². The molecule has 0 fully saturated rings. The highest BCUT2D eigenvalue weighted by molar-refractivity contribution is 5.21. The van der Waals surface area contributed by atoms with Crippen molar-refractivity contribution in [2.45, 2.75) is 26.4 Å². The van der Waals surface area contributed by atoms with Crippen LogP contribution in [0, 0.1) is 10.1 Å². The van der Waals surface area contributed by atoms with Gasteiger partial charge in [0.1, 0.15) is 12.2 Å². The highest BCUT2D eigenvalue weighted by atomic mass is 16.6. The lowest BCUT2D eigenvalue weighted by molar-refractivity contribution is -0.386. The van der Waals surface area contributed by atoms with Crippen LogP contribution in [0.2, 0.25) is 0 Å². The second-order valence-corrected chi connectivity index (χ2v) is 4.06. The van der Waals surface area contributed by atoms with Crippen molar-refractivity contribution in [3.63, 3.8) is 0 Å². The first-order valence-electron chi connectivity index (χ1n) is 5.87. The van der Waals surface area contributed by atoms with E-state index in [1.54, 1.807) is 4.68 Å². The molecule has 2 aromatic heterocycles. The third-order valence-electron chi connectivity index (χ3n) is 2.63. The summed E-state index contributed by atoms with van der Waals surface area (Å²) in [6.45, 7) is 2.58. The van der Waals surface area contributed by atoms with Gasteiger partial charge in [0.2, 0.25) is 0 Å². The van der Waals surface area contributed by atoms with Gasteiger partial charge in [0.25, 0.3) is 0 Å². The van der Waals surface area contributed by atoms with Crippen LogP contribution in [0.3, 0.4) is 0 Å². The number of aromatic amines is 1. The molecule has 0 amide bonds. The third-order valence-corrected chi connectivity index (χ3v) is 2.63. The molecule has 0 saturated carbocycles. The van der Waals surface area contributed by atoms with E-state index < -0.39 is 21.9 Å². The average molecular weight is 280 g/mol. The number of aryl methyl sites for hydroxylation is 1. The minimum Gasteiger partial charge on any atom is -0.286 e. The Morgan fingerprint density at radius 2 is 2.20 bits per heavy atom. The van der Waals surface area contributed by atoms with Gasteiger partial charge in [-0.2, -0.15) is 5.10 Å². The van der Waals surface area contributed by atoms with E-state index in [4.69, 9.17) is 0 Å². The second kappa shape index (κ2) is 5.47. The molecule has 1 N–H and O–H groups in total. The first-order chi connectivity index (χ1) is 9.52. The van der Waals surface area contributed by atoms with Gasteiger partial charge in [0.05, 0.1) is 17.7 Å². The predicted molar refractivity (Wildman–Crippen MR) is 67.4 cm³/mol. The second-order valence-electron chi connectivity index (χ2n) is 4.06. The fourth-order valence-electron chi connectivity index (χ4n) is 1.71. The summed E-state index contributed by atoms with van der Waals surface area (Å²) in [7, 11) is 0. The molecule has 0 spiro atoms. The zero-order chi connectivity index (χ0) is 14.7. The highest BCUT2D eigenvalue weighted by Crippen LogP contribution is 2.02. The standard InChI is InChI=1S/C10H12N6O4/c1-2-3-15-8(11-6-12-15)5-14-4-7(16(19)20)9(17)13-10(14)18/h4,6H,2-3,5H2,1H3,(H,13,17,18). The van der Waals surface area contributed by atoms with E-state index in [9.17, 15) is 19.7 Å². The zero-order valence-corrected chi connectivity index (χ0v) is 10.6.